The van der Waals surface area contributed by atoms with Gasteiger partial charge < -0.3 is 15.4 Å². The zero-order valence-electron chi connectivity index (χ0n) is 16.8. The van der Waals surface area contributed by atoms with Crippen LogP contribution in [0.4, 0.5) is 0 Å². The Kier molecular flexibility index (Phi) is 5.76. The van der Waals surface area contributed by atoms with E-state index in [2.05, 4.69) is 26.7 Å². The topological polar surface area (TPSA) is 93.2 Å². The largest absolute Gasteiger partial charge is 0.457 e. The fourth-order valence-corrected chi connectivity index (χ4v) is 4.10. The first-order chi connectivity index (χ1) is 14.5. The summed E-state index contributed by atoms with van der Waals surface area (Å²) in [6.45, 7) is 1.89. The van der Waals surface area contributed by atoms with Crippen molar-refractivity contribution >= 4 is 23.2 Å². The molecule has 0 fully saturated rings. The number of aromatic nitrogens is 2. The second kappa shape index (κ2) is 8.62. The van der Waals surface area contributed by atoms with Gasteiger partial charge in [0.05, 0.1) is 5.01 Å². The first-order valence-electron chi connectivity index (χ1n) is 9.72. The highest BCUT2D eigenvalue weighted by Gasteiger charge is 2.22. The number of fused-ring (bicyclic) bond motifs is 1. The Morgan fingerprint density at radius 1 is 1.10 bits per heavy atom. The van der Waals surface area contributed by atoms with E-state index in [-0.39, 0.29) is 17.9 Å². The molecule has 2 heterocycles. The van der Waals surface area contributed by atoms with Crippen molar-refractivity contribution in [1.82, 2.24) is 20.6 Å². The Labute approximate surface area is 178 Å². The zero-order chi connectivity index (χ0) is 21.1. The number of nitrogens with zero attached hydrogens (tertiary/aromatic N) is 2. The van der Waals surface area contributed by atoms with Crippen LogP contribution in [0.1, 0.15) is 43.5 Å². The summed E-state index contributed by atoms with van der Waals surface area (Å²) in [5, 5.41) is 8.32. The van der Waals surface area contributed by atoms with Gasteiger partial charge in [0.15, 0.2) is 0 Å². The van der Waals surface area contributed by atoms with Crippen molar-refractivity contribution < 1.29 is 14.3 Å². The van der Waals surface area contributed by atoms with Gasteiger partial charge in [-0.1, -0.05) is 6.07 Å². The molecule has 2 N–H and O–H groups in total. The van der Waals surface area contributed by atoms with E-state index in [1.807, 2.05) is 19.1 Å². The minimum atomic E-state index is -0.264. The Bertz CT molecular complexity index is 1100. The lowest BCUT2D eigenvalue weighted by Crippen LogP contribution is -2.39. The van der Waals surface area contributed by atoms with Gasteiger partial charge in [-0.2, -0.15) is 0 Å². The summed E-state index contributed by atoms with van der Waals surface area (Å²) in [7, 11) is 1.56. The maximum absolute atomic E-state index is 12.4. The van der Waals surface area contributed by atoms with Crippen LogP contribution < -0.4 is 15.4 Å². The molecule has 1 atom stereocenters. The number of aryl methyl sites for hydroxylation is 2. The van der Waals surface area contributed by atoms with Gasteiger partial charge in [0.25, 0.3) is 11.8 Å². The highest BCUT2D eigenvalue weighted by molar-refractivity contribution is 7.09. The van der Waals surface area contributed by atoms with E-state index in [1.165, 1.54) is 16.9 Å². The highest BCUT2D eigenvalue weighted by atomic mass is 32.1. The minimum Gasteiger partial charge on any atom is -0.457 e. The van der Waals surface area contributed by atoms with Gasteiger partial charge in [0.1, 0.15) is 22.9 Å². The normalized spacial score (nSPS) is 15.2. The lowest BCUT2D eigenvalue weighted by atomic mass is 9.88. The highest BCUT2D eigenvalue weighted by Crippen LogP contribution is 2.29. The van der Waals surface area contributed by atoms with Crippen LogP contribution in [0.25, 0.3) is 0 Å². The third-order valence-electron chi connectivity index (χ3n) is 5.02. The van der Waals surface area contributed by atoms with Crippen LogP contribution in [0.15, 0.2) is 41.9 Å². The van der Waals surface area contributed by atoms with Crippen molar-refractivity contribution in [1.29, 1.82) is 0 Å². The molecule has 3 aromatic rings. The fraction of sp³-hybridized carbons (Fsp3) is 0.273. The molecule has 1 unspecified atom stereocenters. The smallest absolute Gasteiger partial charge is 0.270 e. The van der Waals surface area contributed by atoms with Gasteiger partial charge in [0.2, 0.25) is 0 Å². The average molecular weight is 423 g/mol. The molecule has 0 spiro atoms. The molecule has 2 amide bonds. The zero-order valence-corrected chi connectivity index (χ0v) is 17.6. The number of pyridine rings is 1. The van der Waals surface area contributed by atoms with Crippen molar-refractivity contribution in [2.75, 3.05) is 7.05 Å². The molecule has 0 saturated carbocycles. The summed E-state index contributed by atoms with van der Waals surface area (Å²) in [4.78, 5) is 32.5. The number of carbonyl (C=O) groups is 2. The second-order valence-corrected chi connectivity index (χ2v) is 8.22. The fourth-order valence-electron chi connectivity index (χ4n) is 3.51. The van der Waals surface area contributed by atoms with Gasteiger partial charge in [-0.25, -0.2) is 4.98 Å². The molecule has 7 nitrogen and oxygen atoms in total. The Balaban J connectivity index is 1.45. The van der Waals surface area contributed by atoms with Crippen molar-refractivity contribution in [2.45, 2.75) is 32.2 Å². The molecule has 154 valence electrons. The number of hydrogen-bond donors (Lipinski definition) is 2. The lowest BCUT2D eigenvalue weighted by Gasteiger charge is -2.25. The standard InChI is InChI=1S/C22H22N4O3S/c1-13-25-20(12-30-13)22(28)26-16-5-3-14-4-6-17(10-15(14)9-16)29-18-7-8-24-19(11-18)21(27)23-2/h4,6-8,10-12,16H,3,5,9H2,1-2H3,(H,23,27)(H,26,28). The lowest BCUT2D eigenvalue weighted by molar-refractivity contribution is 0.0927. The molecular formula is C22H22N4O3S. The van der Waals surface area contributed by atoms with E-state index < -0.39 is 0 Å². The van der Waals surface area contributed by atoms with E-state index in [4.69, 9.17) is 4.74 Å². The molecule has 0 radical (unpaired) electrons. The molecule has 0 bridgehead atoms. The number of benzene rings is 1. The predicted molar refractivity (Wildman–Crippen MR) is 114 cm³/mol. The maximum atomic E-state index is 12.4. The third-order valence-corrected chi connectivity index (χ3v) is 5.79. The molecule has 0 saturated heterocycles. The number of nitrogens with one attached hydrogen (secondary N) is 2. The maximum Gasteiger partial charge on any atom is 0.270 e. The first-order valence-corrected chi connectivity index (χ1v) is 10.6. The Morgan fingerprint density at radius 3 is 2.70 bits per heavy atom. The van der Waals surface area contributed by atoms with Crippen LogP contribution in [0.3, 0.4) is 0 Å². The summed E-state index contributed by atoms with van der Waals surface area (Å²) in [6.07, 6.45) is 4.07. The number of ether oxygens (including phenoxy) is 1. The molecule has 0 aliphatic heterocycles. The van der Waals surface area contributed by atoms with Crippen LogP contribution in [-0.2, 0) is 12.8 Å². The van der Waals surface area contributed by atoms with E-state index >= 15 is 0 Å². The Morgan fingerprint density at radius 2 is 1.93 bits per heavy atom. The SMILES string of the molecule is CNC(=O)c1cc(Oc2ccc3c(c2)CC(NC(=O)c2csc(C)n2)CC3)ccn1. The van der Waals surface area contributed by atoms with Gasteiger partial charge in [-0.05, 0) is 55.5 Å². The van der Waals surface area contributed by atoms with E-state index in [1.54, 1.807) is 30.8 Å². The summed E-state index contributed by atoms with van der Waals surface area (Å²) in [5.74, 6) is 0.839. The van der Waals surface area contributed by atoms with Crippen LogP contribution >= 0.6 is 11.3 Å². The van der Waals surface area contributed by atoms with Crippen molar-refractivity contribution in [2.24, 2.45) is 0 Å². The number of rotatable bonds is 5. The van der Waals surface area contributed by atoms with Crippen LogP contribution in [0.5, 0.6) is 11.5 Å². The summed E-state index contributed by atoms with van der Waals surface area (Å²) >= 11 is 1.47. The molecule has 4 rings (SSSR count). The van der Waals surface area contributed by atoms with Gasteiger partial charge in [-0.15, -0.1) is 11.3 Å². The molecule has 30 heavy (non-hydrogen) atoms. The van der Waals surface area contributed by atoms with Crippen molar-refractivity contribution in [3.63, 3.8) is 0 Å². The van der Waals surface area contributed by atoms with Crippen LogP contribution in [0.2, 0.25) is 0 Å². The number of amides is 2. The average Bonchev–Trinajstić information content (AvgIpc) is 3.19. The third kappa shape index (κ3) is 4.49. The number of thiazole rings is 1. The quantitative estimate of drug-likeness (QED) is 0.658. The second-order valence-electron chi connectivity index (χ2n) is 7.15. The van der Waals surface area contributed by atoms with E-state index in [0.29, 0.717) is 22.9 Å². The van der Waals surface area contributed by atoms with Gasteiger partial charge >= 0.3 is 0 Å². The molecule has 1 aromatic carbocycles. The van der Waals surface area contributed by atoms with Crippen molar-refractivity contribution in [3.8, 4) is 11.5 Å². The van der Waals surface area contributed by atoms with E-state index in [9.17, 15) is 9.59 Å². The monoisotopic (exact) mass is 422 g/mol. The molecule has 2 aromatic heterocycles. The molecule has 1 aliphatic rings. The van der Waals surface area contributed by atoms with Crippen LogP contribution in [0, 0.1) is 6.92 Å². The molecule has 1 aliphatic carbocycles. The van der Waals surface area contributed by atoms with Gasteiger partial charge in [-0.3, -0.25) is 14.6 Å². The summed E-state index contributed by atoms with van der Waals surface area (Å²) in [6, 6.07) is 9.37. The number of carbonyl (C=O) groups excluding carboxylic acids is 2. The predicted octanol–water partition coefficient (Wildman–Crippen LogP) is 3.29. The molecule has 8 heteroatoms. The van der Waals surface area contributed by atoms with E-state index in [0.717, 1.165) is 29.8 Å². The first kappa shape index (κ1) is 20.0. The molecular weight excluding hydrogens is 400 g/mol. The summed E-state index contributed by atoms with van der Waals surface area (Å²) < 4.78 is 5.95. The minimum absolute atomic E-state index is 0.0584. The summed E-state index contributed by atoms with van der Waals surface area (Å²) in [5.41, 5.74) is 3.19. The van der Waals surface area contributed by atoms with Crippen molar-refractivity contribution in [3.05, 3.63) is 69.4 Å². The van der Waals surface area contributed by atoms with Gasteiger partial charge in [0, 0.05) is 30.7 Å². The number of hydrogen-bond acceptors (Lipinski definition) is 6. The Hall–Kier alpha value is -3.26. The van der Waals surface area contributed by atoms with Crippen LogP contribution in [-0.4, -0.2) is 34.9 Å².